The third-order valence-electron chi connectivity index (χ3n) is 3.09. The van der Waals surface area contributed by atoms with Crippen molar-refractivity contribution in [3.05, 3.63) is 11.6 Å². The molecule has 1 rings (SSSR count). The van der Waals surface area contributed by atoms with E-state index in [2.05, 4.69) is 16.7 Å². The Morgan fingerprint density at radius 2 is 2.06 bits per heavy atom. The Morgan fingerprint density at radius 3 is 2.72 bits per heavy atom. The van der Waals surface area contributed by atoms with Gasteiger partial charge in [-0.3, -0.25) is 9.59 Å². The van der Waals surface area contributed by atoms with Crippen molar-refractivity contribution in [1.82, 2.24) is 10.6 Å². The first-order valence-corrected chi connectivity index (χ1v) is 6.69. The monoisotopic (exact) mass is 254 g/mol. The molecule has 1 aliphatic carbocycles. The van der Waals surface area contributed by atoms with E-state index >= 15 is 0 Å². The standard InChI is InChI=1S/C13H23N3O2/c1-14-12(17)9-15-10-13(18)16-8-7-11-5-3-2-4-6-11/h5,15H,2-4,6-10H2,1H3,(H,14,17)(H,16,18)/p+1. The van der Waals surface area contributed by atoms with E-state index in [1.165, 1.54) is 31.3 Å². The summed E-state index contributed by atoms with van der Waals surface area (Å²) in [6.07, 6.45) is 8.19. The van der Waals surface area contributed by atoms with Crippen LogP contribution in [0, 0.1) is 0 Å². The molecule has 1 aliphatic rings. The second-order valence-corrected chi connectivity index (χ2v) is 4.58. The maximum Gasteiger partial charge on any atom is 0.275 e. The van der Waals surface area contributed by atoms with Gasteiger partial charge in [-0.1, -0.05) is 11.6 Å². The van der Waals surface area contributed by atoms with Crippen LogP contribution in [0.15, 0.2) is 11.6 Å². The maximum atomic E-state index is 11.5. The van der Waals surface area contributed by atoms with E-state index in [4.69, 9.17) is 0 Å². The van der Waals surface area contributed by atoms with Gasteiger partial charge in [-0.05, 0) is 32.1 Å². The van der Waals surface area contributed by atoms with Crippen LogP contribution < -0.4 is 16.0 Å². The van der Waals surface area contributed by atoms with Crippen LogP contribution in [0.25, 0.3) is 0 Å². The minimum absolute atomic E-state index is 0.00434. The van der Waals surface area contributed by atoms with Crippen molar-refractivity contribution in [2.24, 2.45) is 0 Å². The molecule has 0 aliphatic heterocycles. The summed E-state index contributed by atoms with van der Waals surface area (Å²) in [5, 5.41) is 7.10. The van der Waals surface area contributed by atoms with Gasteiger partial charge in [0.05, 0.1) is 0 Å². The molecule has 102 valence electrons. The fourth-order valence-corrected chi connectivity index (χ4v) is 2.00. The fraction of sp³-hybridized carbons (Fsp3) is 0.692. The summed E-state index contributed by atoms with van der Waals surface area (Å²) >= 11 is 0. The van der Waals surface area contributed by atoms with Gasteiger partial charge in [-0.2, -0.15) is 0 Å². The van der Waals surface area contributed by atoms with Crippen LogP contribution in [-0.4, -0.2) is 38.5 Å². The van der Waals surface area contributed by atoms with Crippen LogP contribution in [0.1, 0.15) is 32.1 Å². The van der Waals surface area contributed by atoms with Crippen LogP contribution in [0.3, 0.4) is 0 Å². The lowest BCUT2D eigenvalue weighted by Gasteiger charge is -2.12. The summed E-state index contributed by atoms with van der Waals surface area (Å²) in [6, 6.07) is 0. The zero-order valence-corrected chi connectivity index (χ0v) is 11.1. The van der Waals surface area contributed by atoms with Crippen LogP contribution in [0.4, 0.5) is 0 Å². The lowest BCUT2D eigenvalue weighted by Crippen LogP contribution is -2.88. The van der Waals surface area contributed by atoms with E-state index in [1.54, 1.807) is 12.4 Å². The number of hydrogen-bond acceptors (Lipinski definition) is 2. The molecule has 0 spiro atoms. The van der Waals surface area contributed by atoms with Gasteiger partial charge < -0.3 is 16.0 Å². The smallest absolute Gasteiger partial charge is 0.275 e. The van der Waals surface area contributed by atoms with Crippen molar-refractivity contribution in [3.63, 3.8) is 0 Å². The number of hydrogen-bond donors (Lipinski definition) is 3. The summed E-state index contributed by atoms with van der Waals surface area (Å²) in [5.41, 5.74) is 1.47. The average molecular weight is 254 g/mol. The number of quaternary nitrogens is 1. The molecule has 0 fully saturated rings. The summed E-state index contributed by atoms with van der Waals surface area (Å²) in [6.45, 7) is 1.32. The summed E-state index contributed by atoms with van der Waals surface area (Å²) in [5.74, 6) is -0.0644. The highest BCUT2D eigenvalue weighted by atomic mass is 16.2. The van der Waals surface area contributed by atoms with Crippen LogP contribution in [-0.2, 0) is 9.59 Å². The molecule has 0 atom stereocenters. The van der Waals surface area contributed by atoms with Crippen molar-refractivity contribution in [1.29, 1.82) is 0 Å². The fourth-order valence-electron chi connectivity index (χ4n) is 2.00. The van der Waals surface area contributed by atoms with Gasteiger partial charge in [-0.15, -0.1) is 0 Å². The average Bonchev–Trinajstić information content (AvgIpc) is 2.39. The summed E-state index contributed by atoms with van der Waals surface area (Å²) < 4.78 is 0. The van der Waals surface area contributed by atoms with Crippen molar-refractivity contribution < 1.29 is 14.9 Å². The van der Waals surface area contributed by atoms with Gasteiger partial charge in [0.25, 0.3) is 11.8 Å². The first-order valence-electron chi connectivity index (χ1n) is 6.69. The van der Waals surface area contributed by atoms with Gasteiger partial charge >= 0.3 is 0 Å². The zero-order chi connectivity index (χ0) is 13.2. The molecule has 0 aromatic carbocycles. The Balaban J connectivity index is 2.02. The highest BCUT2D eigenvalue weighted by molar-refractivity contribution is 5.78. The second kappa shape index (κ2) is 8.69. The number of carbonyl (C=O) groups excluding carboxylic acids is 2. The largest absolute Gasteiger partial charge is 0.354 e. The molecule has 0 aromatic rings. The molecule has 0 bridgehead atoms. The molecule has 0 heterocycles. The number of amides is 2. The van der Waals surface area contributed by atoms with Crippen LogP contribution in [0.2, 0.25) is 0 Å². The SMILES string of the molecule is CNC(=O)C[NH2+]CC(=O)NCCC1=CCCCC1. The molecule has 0 saturated heterocycles. The first kappa shape index (κ1) is 14.7. The van der Waals surface area contributed by atoms with Crippen molar-refractivity contribution in [2.45, 2.75) is 32.1 Å². The van der Waals surface area contributed by atoms with E-state index in [0.29, 0.717) is 19.6 Å². The number of nitrogens with one attached hydrogen (secondary N) is 2. The normalized spacial score (nSPS) is 14.8. The number of likely N-dealkylation sites (N-methyl/N-ethyl adjacent to an activating group) is 1. The van der Waals surface area contributed by atoms with E-state index < -0.39 is 0 Å². The topological polar surface area (TPSA) is 74.8 Å². The molecule has 5 heteroatoms. The number of allylic oxidation sites excluding steroid dienone is 1. The predicted octanol–water partition coefficient (Wildman–Crippen LogP) is -0.697. The minimum atomic E-state index is -0.0600. The predicted molar refractivity (Wildman–Crippen MR) is 69.9 cm³/mol. The van der Waals surface area contributed by atoms with Crippen molar-refractivity contribution in [3.8, 4) is 0 Å². The highest BCUT2D eigenvalue weighted by Crippen LogP contribution is 2.19. The van der Waals surface area contributed by atoms with Crippen LogP contribution >= 0.6 is 0 Å². The molecule has 4 N–H and O–H groups in total. The Morgan fingerprint density at radius 1 is 1.28 bits per heavy atom. The Hall–Kier alpha value is -1.36. The molecule has 0 unspecified atom stereocenters. The van der Waals surface area contributed by atoms with Crippen molar-refractivity contribution in [2.75, 3.05) is 26.7 Å². The third kappa shape index (κ3) is 6.39. The molecule has 0 radical (unpaired) electrons. The number of carbonyl (C=O) groups is 2. The second-order valence-electron chi connectivity index (χ2n) is 4.58. The minimum Gasteiger partial charge on any atom is -0.354 e. The number of rotatable bonds is 7. The van der Waals surface area contributed by atoms with Crippen LogP contribution in [0.5, 0.6) is 0 Å². The number of nitrogens with two attached hydrogens (primary N) is 1. The zero-order valence-electron chi connectivity index (χ0n) is 11.1. The molecule has 5 nitrogen and oxygen atoms in total. The summed E-state index contributed by atoms with van der Waals surface area (Å²) in [7, 11) is 1.59. The lowest BCUT2D eigenvalue weighted by molar-refractivity contribution is -0.633. The van der Waals surface area contributed by atoms with E-state index in [-0.39, 0.29) is 11.8 Å². The van der Waals surface area contributed by atoms with Gasteiger partial charge in [0.2, 0.25) is 0 Å². The molecule has 0 aromatic heterocycles. The molecule has 0 saturated carbocycles. The van der Waals surface area contributed by atoms with Gasteiger partial charge in [0, 0.05) is 13.6 Å². The third-order valence-corrected chi connectivity index (χ3v) is 3.09. The van der Waals surface area contributed by atoms with Gasteiger partial charge in [0.1, 0.15) is 0 Å². The summed E-state index contributed by atoms with van der Waals surface area (Å²) in [4.78, 5) is 22.4. The Bertz CT molecular complexity index is 313. The Labute approximate surface area is 108 Å². The molecular formula is C13H24N3O2+. The lowest BCUT2D eigenvalue weighted by atomic mass is 9.97. The van der Waals surface area contributed by atoms with E-state index in [0.717, 1.165) is 6.42 Å². The van der Waals surface area contributed by atoms with Crippen molar-refractivity contribution >= 4 is 11.8 Å². The quantitative estimate of drug-likeness (QED) is 0.526. The van der Waals surface area contributed by atoms with E-state index in [1.807, 2.05) is 0 Å². The first-order chi connectivity index (χ1) is 8.72. The van der Waals surface area contributed by atoms with Gasteiger partial charge in [0.15, 0.2) is 13.1 Å². The molecule has 18 heavy (non-hydrogen) atoms. The van der Waals surface area contributed by atoms with Gasteiger partial charge in [-0.25, -0.2) is 0 Å². The molecule has 2 amide bonds. The highest BCUT2D eigenvalue weighted by Gasteiger charge is 2.07. The molecular weight excluding hydrogens is 230 g/mol. The maximum absolute atomic E-state index is 11.5. The van der Waals surface area contributed by atoms with E-state index in [9.17, 15) is 9.59 Å². The Kier molecular flexibility index (Phi) is 7.10.